The summed E-state index contributed by atoms with van der Waals surface area (Å²) in [7, 11) is 1.31. The van der Waals surface area contributed by atoms with Crippen LogP contribution >= 0.6 is 11.8 Å². The fourth-order valence-electron chi connectivity index (χ4n) is 1.37. The van der Waals surface area contributed by atoms with Gasteiger partial charge in [-0.05, 0) is 24.6 Å². The molecule has 0 saturated carbocycles. The molecule has 0 radical (unpaired) electrons. The molecule has 0 fully saturated rings. The Labute approximate surface area is 110 Å². The molecule has 0 N–H and O–H groups in total. The van der Waals surface area contributed by atoms with E-state index in [9.17, 15) is 14.0 Å². The molecule has 0 aromatic heterocycles. The second-order valence-electron chi connectivity index (χ2n) is 3.78. The molecule has 1 unspecified atom stereocenters. The van der Waals surface area contributed by atoms with E-state index in [2.05, 4.69) is 0 Å². The summed E-state index contributed by atoms with van der Waals surface area (Å²) in [6, 6.07) is 5.71. The molecule has 0 spiro atoms. The molecule has 0 heterocycles. The van der Waals surface area contributed by atoms with Gasteiger partial charge < -0.3 is 4.74 Å². The monoisotopic (exact) mass is 270 g/mol. The summed E-state index contributed by atoms with van der Waals surface area (Å²) in [6.07, 6.45) is 0.402. The maximum atomic E-state index is 12.8. The van der Waals surface area contributed by atoms with Crippen LogP contribution in [0.3, 0.4) is 0 Å². The van der Waals surface area contributed by atoms with Crippen molar-refractivity contribution in [2.45, 2.75) is 18.6 Å². The predicted octanol–water partition coefficient (Wildman–Crippen LogP) is 2.75. The molecule has 1 aromatic rings. The summed E-state index contributed by atoms with van der Waals surface area (Å²) in [6.45, 7) is 1.51. The lowest BCUT2D eigenvalue weighted by atomic mass is 10.1. The van der Waals surface area contributed by atoms with Gasteiger partial charge in [0.25, 0.3) is 0 Å². The Bertz CT molecular complexity index is 417. The molecule has 3 nitrogen and oxygen atoms in total. The standard InChI is InChI=1S/C13H15FO3S/c1-9(15)7-8-18-12(13(16)17-2)10-3-5-11(14)6-4-10/h3-6,12H,7-8H2,1-2H3. The number of hydrogen-bond acceptors (Lipinski definition) is 4. The smallest absolute Gasteiger partial charge is 0.323 e. The molecular formula is C13H15FO3S. The number of benzene rings is 1. The number of hydrogen-bond donors (Lipinski definition) is 0. The van der Waals surface area contributed by atoms with Crippen LogP contribution < -0.4 is 0 Å². The fourth-order valence-corrected chi connectivity index (χ4v) is 2.59. The van der Waals surface area contributed by atoms with Gasteiger partial charge in [-0.1, -0.05) is 12.1 Å². The van der Waals surface area contributed by atoms with Gasteiger partial charge in [-0.15, -0.1) is 11.8 Å². The van der Waals surface area contributed by atoms with Crippen LogP contribution in [0.5, 0.6) is 0 Å². The zero-order chi connectivity index (χ0) is 13.5. The second-order valence-corrected chi connectivity index (χ2v) is 4.99. The van der Waals surface area contributed by atoms with Crippen molar-refractivity contribution in [2.24, 2.45) is 0 Å². The van der Waals surface area contributed by atoms with Crippen LogP contribution in [-0.4, -0.2) is 24.6 Å². The summed E-state index contributed by atoms with van der Waals surface area (Å²) in [4.78, 5) is 22.5. The zero-order valence-electron chi connectivity index (χ0n) is 10.3. The molecule has 18 heavy (non-hydrogen) atoms. The van der Waals surface area contributed by atoms with Crippen molar-refractivity contribution >= 4 is 23.5 Å². The Morgan fingerprint density at radius 2 is 1.94 bits per heavy atom. The van der Waals surface area contributed by atoms with Crippen LogP contribution in [-0.2, 0) is 14.3 Å². The van der Waals surface area contributed by atoms with Gasteiger partial charge in [0.05, 0.1) is 7.11 Å². The van der Waals surface area contributed by atoms with E-state index in [0.717, 1.165) is 0 Å². The first-order valence-electron chi connectivity index (χ1n) is 5.49. The van der Waals surface area contributed by atoms with Gasteiger partial charge >= 0.3 is 5.97 Å². The van der Waals surface area contributed by atoms with Gasteiger partial charge in [-0.2, -0.15) is 0 Å². The number of methoxy groups -OCH3 is 1. The molecule has 98 valence electrons. The van der Waals surface area contributed by atoms with E-state index < -0.39 is 11.2 Å². The number of carbonyl (C=O) groups excluding carboxylic acids is 2. The molecule has 5 heteroatoms. The third kappa shape index (κ3) is 4.49. The number of carbonyl (C=O) groups is 2. The normalized spacial score (nSPS) is 11.9. The molecular weight excluding hydrogens is 255 g/mol. The number of rotatable bonds is 6. The van der Waals surface area contributed by atoms with E-state index in [1.54, 1.807) is 12.1 Å². The van der Waals surface area contributed by atoms with Crippen molar-refractivity contribution in [3.05, 3.63) is 35.6 Å². The van der Waals surface area contributed by atoms with E-state index in [1.807, 2.05) is 0 Å². The zero-order valence-corrected chi connectivity index (χ0v) is 11.1. The molecule has 0 saturated heterocycles. The van der Waals surface area contributed by atoms with Crippen LogP contribution in [0.1, 0.15) is 24.2 Å². The minimum absolute atomic E-state index is 0.0743. The van der Waals surface area contributed by atoms with Gasteiger partial charge in [0, 0.05) is 12.2 Å². The molecule has 1 aromatic carbocycles. The number of ether oxygens (including phenoxy) is 1. The van der Waals surface area contributed by atoms with Gasteiger partial charge in [0.15, 0.2) is 0 Å². The van der Waals surface area contributed by atoms with Crippen LogP contribution in [0, 0.1) is 5.82 Å². The second kappa shape index (κ2) is 7.16. The Kier molecular flexibility index (Phi) is 5.85. The Balaban J connectivity index is 2.75. The predicted molar refractivity (Wildman–Crippen MR) is 68.9 cm³/mol. The third-order valence-electron chi connectivity index (χ3n) is 2.33. The van der Waals surface area contributed by atoms with E-state index in [1.165, 1.54) is 37.9 Å². The maximum absolute atomic E-state index is 12.8. The van der Waals surface area contributed by atoms with Crippen molar-refractivity contribution in [3.63, 3.8) is 0 Å². The van der Waals surface area contributed by atoms with Crippen LogP contribution in [0.15, 0.2) is 24.3 Å². The lowest BCUT2D eigenvalue weighted by Gasteiger charge is -2.14. The highest BCUT2D eigenvalue weighted by atomic mass is 32.2. The van der Waals surface area contributed by atoms with Gasteiger partial charge in [0.2, 0.25) is 0 Å². The minimum atomic E-state index is -0.519. The van der Waals surface area contributed by atoms with E-state index in [4.69, 9.17) is 4.74 Å². The van der Waals surface area contributed by atoms with Crippen LogP contribution in [0.2, 0.25) is 0 Å². The first kappa shape index (κ1) is 14.7. The Hall–Kier alpha value is -1.36. The van der Waals surface area contributed by atoms with Crippen molar-refractivity contribution in [1.82, 2.24) is 0 Å². The number of Topliss-reactive ketones (excluding diaryl/α,β-unsaturated/α-hetero) is 1. The van der Waals surface area contributed by atoms with Crippen molar-refractivity contribution in [3.8, 4) is 0 Å². The topological polar surface area (TPSA) is 43.4 Å². The maximum Gasteiger partial charge on any atom is 0.323 e. The molecule has 0 aliphatic rings. The highest BCUT2D eigenvalue weighted by molar-refractivity contribution is 8.00. The number of esters is 1. The van der Waals surface area contributed by atoms with Crippen molar-refractivity contribution in [1.29, 1.82) is 0 Å². The Morgan fingerprint density at radius 1 is 1.33 bits per heavy atom. The average Bonchev–Trinajstić information content (AvgIpc) is 2.35. The quantitative estimate of drug-likeness (QED) is 0.745. The van der Waals surface area contributed by atoms with Crippen molar-refractivity contribution < 1.29 is 18.7 Å². The summed E-state index contributed by atoms with van der Waals surface area (Å²) in [5.74, 6) is -0.136. The summed E-state index contributed by atoms with van der Waals surface area (Å²) in [5, 5.41) is -0.519. The van der Waals surface area contributed by atoms with Gasteiger partial charge in [-0.25, -0.2) is 4.39 Å². The van der Waals surface area contributed by atoms with Crippen molar-refractivity contribution in [2.75, 3.05) is 12.9 Å². The van der Waals surface area contributed by atoms with E-state index in [0.29, 0.717) is 17.7 Å². The summed E-state index contributed by atoms with van der Waals surface area (Å²) >= 11 is 1.32. The fraction of sp³-hybridized carbons (Fsp3) is 0.385. The number of halogens is 1. The van der Waals surface area contributed by atoms with Gasteiger partial charge in [0.1, 0.15) is 16.9 Å². The minimum Gasteiger partial charge on any atom is -0.468 e. The molecule has 0 aliphatic heterocycles. The molecule has 0 amide bonds. The molecule has 0 bridgehead atoms. The first-order valence-corrected chi connectivity index (χ1v) is 6.54. The number of thioether (sulfide) groups is 1. The SMILES string of the molecule is COC(=O)C(SCCC(C)=O)c1ccc(F)cc1. The molecule has 1 rings (SSSR count). The lowest BCUT2D eigenvalue weighted by Crippen LogP contribution is -2.12. The highest BCUT2D eigenvalue weighted by Gasteiger charge is 2.21. The summed E-state index contributed by atoms with van der Waals surface area (Å²) < 4.78 is 17.5. The molecule has 1 atom stereocenters. The lowest BCUT2D eigenvalue weighted by molar-refractivity contribution is -0.140. The molecule has 0 aliphatic carbocycles. The van der Waals surface area contributed by atoms with Crippen LogP contribution in [0.25, 0.3) is 0 Å². The third-order valence-corrected chi connectivity index (χ3v) is 3.56. The Morgan fingerprint density at radius 3 is 2.44 bits per heavy atom. The van der Waals surface area contributed by atoms with Crippen LogP contribution in [0.4, 0.5) is 4.39 Å². The average molecular weight is 270 g/mol. The first-order chi connectivity index (χ1) is 8.54. The van der Waals surface area contributed by atoms with E-state index in [-0.39, 0.29) is 11.6 Å². The van der Waals surface area contributed by atoms with E-state index >= 15 is 0 Å². The highest BCUT2D eigenvalue weighted by Crippen LogP contribution is 2.30. The number of ketones is 1. The van der Waals surface area contributed by atoms with Gasteiger partial charge in [-0.3, -0.25) is 9.59 Å². The largest absolute Gasteiger partial charge is 0.468 e. The summed E-state index contributed by atoms with van der Waals surface area (Å²) in [5.41, 5.74) is 0.678.